The monoisotopic (exact) mass is 484 g/mol. The fraction of sp³-hybridized carbons (Fsp3) is 0.0455. The highest BCUT2D eigenvalue weighted by molar-refractivity contribution is 14.1. The average Bonchev–Trinajstić information content (AvgIpc) is 2.69. The fourth-order valence-corrected chi connectivity index (χ4v) is 3.40. The number of aryl methyl sites for hydroxylation is 1. The van der Waals surface area contributed by atoms with Crippen LogP contribution in [0, 0.1) is 20.6 Å². The van der Waals surface area contributed by atoms with Crippen molar-refractivity contribution >= 4 is 51.5 Å². The molecule has 0 unspecified atom stereocenters. The summed E-state index contributed by atoms with van der Waals surface area (Å²) in [7, 11) is 0. The Labute approximate surface area is 176 Å². The Morgan fingerprint density at radius 1 is 1.04 bits per heavy atom. The third kappa shape index (κ3) is 4.83. The van der Waals surface area contributed by atoms with Gasteiger partial charge in [0.2, 0.25) is 0 Å². The maximum absolute atomic E-state index is 13.1. The van der Waals surface area contributed by atoms with E-state index in [0.29, 0.717) is 11.1 Å². The maximum Gasteiger partial charge on any atom is 0.270 e. The third-order valence-corrected chi connectivity index (χ3v) is 4.83. The first-order chi connectivity index (χ1) is 13.4. The molecule has 0 saturated heterocycles. The van der Waals surface area contributed by atoms with Gasteiger partial charge < -0.3 is 5.32 Å². The summed E-state index contributed by atoms with van der Waals surface area (Å²) in [6, 6.07) is 21.2. The third-order valence-electron chi connectivity index (χ3n) is 4.16. The number of nitro benzene ring substituents is 1. The molecule has 0 atom stereocenters. The van der Waals surface area contributed by atoms with Gasteiger partial charge in [-0.25, -0.2) is 0 Å². The number of rotatable bonds is 5. The van der Waals surface area contributed by atoms with Crippen molar-refractivity contribution < 1.29 is 9.72 Å². The van der Waals surface area contributed by atoms with E-state index < -0.39 is 4.92 Å². The highest BCUT2D eigenvalue weighted by Crippen LogP contribution is 2.24. The molecule has 0 bridgehead atoms. The highest BCUT2D eigenvalue weighted by atomic mass is 127. The molecule has 6 heteroatoms. The zero-order valence-electron chi connectivity index (χ0n) is 15.1. The number of non-ortho nitro benzene ring substituents is 1. The predicted octanol–water partition coefficient (Wildman–Crippen LogP) is 5.69. The predicted molar refractivity (Wildman–Crippen MR) is 120 cm³/mol. The molecule has 0 heterocycles. The van der Waals surface area contributed by atoms with Crippen molar-refractivity contribution in [3.8, 4) is 0 Å². The first kappa shape index (κ1) is 19.8. The summed E-state index contributed by atoms with van der Waals surface area (Å²) in [6.07, 6.45) is 1.67. The summed E-state index contributed by atoms with van der Waals surface area (Å²) in [5.41, 5.74) is 3.42. The summed E-state index contributed by atoms with van der Waals surface area (Å²) in [4.78, 5) is 23.7. The summed E-state index contributed by atoms with van der Waals surface area (Å²) in [5.74, 6) is -0.276. The molecular weight excluding hydrogens is 467 g/mol. The van der Waals surface area contributed by atoms with Crippen LogP contribution in [0.5, 0.6) is 0 Å². The van der Waals surface area contributed by atoms with E-state index in [2.05, 4.69) is 27.9 Å². The van der Waals surface area contributed by atoms with Crippen molar-refractivity contribution in [2.24, 2.45) is 0 Å². The minimum absolute atomic E-state index is 0.0185. The summed E-state index contributed by atoms with van der Waals surface area (Å²) < 4.78 is 1.09. The van der Waals surface area contributed by atoms with Crippen LogP contribution in [-0.4, -0.2) is 10.8 Å². The quantitative estimate of drug-likeness (QED) is 0.166. The van der Waals surface area contributed by atoms with Gasteiger partial charge in [0.1, 0.15) is 0 Å². The van der Waals surface area contributed by atoms with Crippen molar-refractivity contribution in [1.29, 1.82) is 0 Å². The van der Waals surface area contributed by atoms with Gasteiger partial charge in [0.15, 0.2) is 0 Å². The molecule has 0 aromatic heterocycles. The van der Waals surface area contributed by atoms with Crippen LogP contribution in [0.2, 0.25) is 0 Å². The Hall–Kier alpha value is -3.00. The van der Waals surface area contributed by atoms with Crippen molar-refractivity contribution in [2.45, 2.75) is 6.92 Å². The van der Waals surface area contributed by atoms with Crippen LogP contribution in [0.1, 0.15) is 16.7 Å². The van der Waals surface area contributed by atoms with Gasteiger partial charge in [-0.2, -0.15) is 0 Å². The van der Waals surface area contributed by atoms with E-state index >= 15 is 0 Å². The molecule has 3 rings (SSSR count). The molecule has 0 aliphatic heterocycles. The number of nitrogens with zero attached hydrogens (tertiary/aromatic N) is 1. The summed E-state index contributed by atoms with van der Waals surface area (Å²) in [6.45, 7) is 1.93. The molecule has 1 amide bonds. The van der Waals surface area contributed by atoms with Gasteiger partial charge in [0.05, 0.1) is 4.92 Å². The van der Waals surface area contributed by atoms with Crippen LogP contribution >= 0.6 is 22.6 Å². The van der Waals surface area contributed by atoms with Crippen LogP contribution in [0.25, 0.3) is 11.6 Å². The molecule has 1 N–H and O–H groups in total. The molecule has 0 radical (unpaired) electrons. The second-order valence-electron chi connectivity index (χ2n) is 6.19. The molecule has 140 valence electrons. The van der Waals surface area contributed by atoms with E-state index in [1.54, 1.807) is 18.2 Å². The van der Waals surface area contributed by atoms with E-state index in [1.165, 1.54) is 12.1 Å². The minimum Gasteiger partial charge on any atom is -0.322 e. The van der Waals surface area contributed by atoms with Gasteiger partial charge in [-0.1, -0.05) is 42.5 Å². The van der Waals surface area contributed by atoms with E-state index in [0.717, 1.165) is 20.4 Å². The zero-order chi connectivity index (χ0) is 20.1. The standard InChI is InChI=1S/C22H17IN2O3/c1-15-12-18(23)10-11-21(15)24-22(26)20(17-7-3-2-4-8-17)14-16-6-5-9-19(13-16)25(27)28/h2-14H,1H3,(H,24,26)/b20-14+. The van der Waals surface area contributed by atoms with E-state index in [1.807, 2.05) is 55.5 Å². The van der Waals surface area contributed by atoms with Crippen molar-refractivity contribution in [2.75, 3.05) is 5.32 Å². The largest absolute Gasteiger partial charge is 0.322 e. The second-order valence-corrected chi connectivity index (χ2v) is 7.44. The lowest BCUT2D eigenvalue weighted by molar-refractivity contribution is -0.384. The van der Waals surface area contributed by atoms with Gasteiger partial charge >= 0.3 is 0 Å². The second kappa shape index (κ2) is 8.79. The molecule has 0 aliphatic carbocycles. The lowest BCUT2D eigenvalue weighted by Crippen LogP contribution is -2.14. The van der Waals surface area contributed by atoms with Crippen LogP contribution in [0.15, 0.2) is 72.8 Å². The van der Waals surface area contributed by atoms with Crippen LogP contribution in [0.3, 0.4) is 0 Å². The van der Waals surface area contributed by atoms with Crippen molar-refractivity contribution in [3.63, 3.8) is 0 Å². The normalized spacial score (nSPS) is 11.1. The van der Waals surface area contributed by atoms with Gasteiger partial charge in [-0.3, -0.25) is 14.9 Å². The number of hydrogen-bond donors (Lipinski definition) is 1. The topological polar surface area (TPSA) is 72.2 Å². The Balaban J connectivity index is 2.01. The minimum atomic E-state index is -0.450. The first-order valence-electron chi connectivity index (χ1n) is 8.53. The number of nitro groups is 1. The molecule has 0 saturated carbocycles. The number of amides is 1. The fourth-order valence-electron chi connectivity index (χ4n) is 2.75. The first-order valence-corrected chi connectivity index (χ1v) is 9.61. The molecule has 0 spiro atoms. The van der Waals surface area contributed by atoms with Crippen LogP contribution in [-0.2, 0) is 4.79 Å². The van der Waals surface area contributed by atoms with Crippen molar-refractivity contribution in [3.05, 3.63) is 103 Å². The molecule has 0 aliphatic rings. The van der Waals surface area contributed by atoms with Crippen molar-refractivity contribution in [1.82, 2.24) is 0 Å². The number of anilines is 1. The number of benzene rings is 3. The van der Waals surface area contributed by atoms with Gasteiger partial charge in [-0.15, -0.1) is 0 Å². The average molecular weight is 484 g/mol. The maximum atomic E-state index is 13.1. The Kier molecular flexibility index (Phi) is 6.20. The Bertz CT molecular complexity index is 1060. The molecule has 3 aromatic carbocycles. The lowest BCUT2D eigenvalue weighted by atomic mass is 10.0. The van der Waals surface area contributed by atoms with Gasteiger partial charge in [0.25, 0.3) is 11.6 Å². The van der Waals surface area contributed by atoms with Gasteiger partial charge in [-0.05, 0) is 70.5 Å². The van der Waals surface area contributed by atoms with Crippen LogP contribution < -0.4 is 5.32 Å². The zero-order valence-corrected chi connectivity index (χ0v) is 17.2. The highest BCUT2D eigenvalue weighted by Gasteiger charge is 2.14. The smallest absolute Gasteiger partial charge is 0.270 e. The number of nitrogens with one attached hydrogen (secondary N) is 1. The number of carbonyl (C=O) groups is 1. The van der Waals surface area contributed by atoms with E-state index in [9.17, 15) is 14.9 Å². The Morgan fingerprint density at radius 3 is 2.46 bits per heavy atom. The molecule has 0 fully saturated rings. The van der Waals surface area contributed by atoms with E-state index in [-0.39, 0.29) is 11.6 Å². The number of hydrogen-bond acceptors (Lipinski definition) is 3. The summed E-state index contributed by atoms with van der Waals surface area (Å²) >= 11 is 2.22. The van der Waals surface area contributed by atoms with Crippen LogP contribution in [0.4, 0.5) is 11.4 Å². The lowest BCUT2D eigenvalue weighted by Gasteiger charge is -2.12. The molecule has 28 heavy (non-hydrogen) atoms. The number of carbonyl (C=O) groups excluding carboxylic acids is 1. The summed E-state index contributed by atoms with van der Waals surface area (Å²) in [5, 5.41) is 14.0. The SMILES string of the molecule is Cc1cc(I)ccc1NC(=O)/C(=C/c1cccc([N+](=O)[O-])c1)c1ccccc1. The molecular formula is C22H17IN2O3. The molecule has 5 nitrogen and oxygen atoms in total. The number of halogens is 1. The van der Waals surface area contributed by atoms with Gasteiger partial charge in [0, 0.05) is 27.0 Å². The Morgan fingerprint density at radius 2 is 1.79 bits per heavy atom. The molecule has 3 aromatic rings. The van der Waals surface area contributed by atoms with E-state index in [4.69, 9.17) is 0 Å².